The van der Waals surface area contributed by atoms with E-state index in [-0.39, 0.29) is 23.9 Å². The van der Waals surface area contributed by atoms with Crippen LogP contribution < -0.4 is 0 Å². The van der Waals surface area contributed by atoms with Crippen molar-refractivity contribution < 1.29 is 14.3 Å². The number of hydrogen-bond donors (Lipinski definition) is 1. The Morgan fingerprint density at radius 2 is 2.00 bits per heavy atom. The van der Waals surface area contributed by atoms with Crippen molar-refractivity contribution in [1.82, 2.24) is 0 Å². The zero-order valence-corrected chi connectivity index (χ0v) is 12.4. The molecule has 0 aromatic heterocycles. The molecule has 1 aliphatic carbocycles. The van der Waals surface area contributed by atoms with Crippen LogP contribution in [0.25, 0.3) is 0 Å². The van der Waals surface area contributed by atoms with E-state index in [0.29, 0.717) is 18.8 Å². The van der Waals surface area contributed by atoms with Gasteiger partial charge in [0.05, 0.1) is 5.76 Å². The molecule has 0 radical (unpaired) electrons. The van der Waals surface area contributed by atoms with Gasteiger partial charge < -0.3 is 5.11 Å². The maximum absolute atomic E-state index is 13.6. The number of hydrogen-bond acceptors (Lipinski definition) is 2. The lowest BCUT2D eigenvalue weighted by molar-refractivity contribution is -0.115. The van der Waals surface area contributed by atoms with Crippen molar-refractivity contribution in [1.29, 1.82) is 0 Å². The minimum atomic E-state index is -1.32. The molecule has 1 fully saturated rings. The molecule has 0 heterocycles. The molecule has 0 spiro atoms. The summed E-state index contributed by atoms with van der Waals surface area (Å²) in [5.74, 6) is 0.262. The Hall–Kier alpha value is -0.860. The first kappa shape index (κ1) is 16.2. The maximum Gasteiger partial charge on any atom is 0.159 e. The molecule has 0 saturated heterocycles. The van der Waals surface area contributed by atoms with Crippen LogP contribution in [0, 0.1) is 11.8 Å². The van der Waals surface area contributed by atoms with Crippen LogP contribution in [0.5, 0.6) is 0 Å². The highest BCUT2D eigenvalue weighted by molar-refractivity contribution is 5.90. The van der Waals surface area contributed by atoms with Crippen LogP contribution in [-0.4, -0.2) is 16.6 Å². The Balaban J connectivity index is 2.54. The second kappa shape index (κ2) is 7.06. The largest absolute Gasteiger partial charge is 0.512 e. The summed E-state index contributed by atoms with van der Waals surface area (Å²) in [7, 11) is 0. The van der Waals surface area contributed by atoms with E-state index in [0.717, 1.165) is 12.8 Å². The molecule has 0 bridgehead atoms. The predicted octanol–water partition coefficient (Wildman–Crippen LogP) is 4.74. The number of carbonyl (C=O) groups excluding carboxylic acids is 1. The normalized spacial score (nSPS) is 19.7. The van der Waals surface area contributed by atoms with E-state index in [9.17, 15) is 14.3 Å². The number of aliphatic hydroxyl groups excluding tert-OH is 1. The number of rotatable bonds is 7. The first-order chi connectivity index (χ1) is 8.81. The fourth-order valence-electron chi connectivity index (χ4n) is 2.88. The van der Waals surface area contributed by atoms with E-state index in [1.54, 1.807) is 0 Å². The lowest BCUT2D eigenvalue weighted by Crippen LogP contribution is -2.19. The van der Waals surface area contributed by atoms with Gasteiger partial charge in [-0.1, -0.05) is 32.6 Å². The summed E-state index contributed by atoms with van der Waals surface area (Å²) >= 11 is 0. The Morgan fingerprint density at radius 3 is 2.47 bits per heavy atom. The van der Waals surface area contributed by atoms with Gasteiger partial charge in [0.15, 0.2) is 5.78 Å². The molecule has 1 atom stereocenters. The molecule has 1 unspecified atom stereocenters. The van der Waals surface area contributed by atoms with Crippen LogP contribution in [0.3, 0.4) is 0 Å². The quantitative estimate of drug-likeness (QED) is 0.536. The molecule has 1 aliphatic rings. The zero-order valence-electron chi connectivity index (χ0n) is 12.4. The average molecular weight is 270 g/mol. The molecule has 3 heteroatoms. The third-order valence-electron chi connectivity index (χ3n) is 3.92. The Bertz CT molecular complexity index is 322. The highest BCUT2D eigenvalue weighted by atomic mass is 19.1. The number of halogens is 1. The van der Waals surface area contributed by atoms with Crippen LogP contribution >= 0.6 is 0 Å². The summed E-state index contributed by atoms with van der Waals surface area (Å²) in [6, 6.07) is 0. The van der Waals surface area contributed by atoms with Crippen LogP contribution in [0.2, 0.25) is 0 Å². The van der Waals surface area contributed by atoms with Gasteiger partial charge in [-0.25, -0.2) is 4.39 Å². The summed E-state index contributed by atoms with van der Waals surface area (Å²) in [5.41, 5.74) is -1.32. The third-order valence-corrected chi connectivity index (χ3v) is 3.92. The number of aliphatic hydroxyl groups is 1. The second-order valence-electron chi connectivity index (χ2n) is 6.42. The fraction of sp³-hybridized carbons (Fsp3) is 0.812. The van der Waals surface area contributed by atoms with Gasteiger partial charge in [0.2, 0.25) is 0 Å². The summed E-state index contributed by atoms with van der Waals surface area (Å²) in [4.78, 5) is 11.9. The Morgan fingerprint density at radius 1 is 1.42 bits per heavy atom. The maximum atomic E-state index is 13.6. The summed E-state index contributed by atoms with van der Waals surface area (Å²) in [6.07, 6.45) is 7.42. The molecule has 0 aromatic rings. The van der Waals surface area contributed by atoms with Gasteiger partial charge in [-0.2, -0.15) is 0 Å². The first-order valence-electron chi connectivity index (χ1n) is 7.44. The van der Waals surface area contributed by atoms with E-state index in [1.807, 2.05) is 6.92 Å². The molecule has 1 rings (SSSR count). The molecular formula is C16H27FO2. The highest BCUT2D eigenvalue weighted by Crippen LogP contribution is 2.29. The fourth-order valence-corrected chi connectivity index (χ4v) is 2.88. The monoisotopic (exact) mass is 270 g/mol. The van der Waals surface area contributed by atoms with E-state index < -0.39 is 5.67 Å². The van der Waals surface area contributed by atoms with Gasteiger partial charge in [-0.15, -0.1) is 0 Å². The topological polar surface area (TPSA) is 37.3 Å². The smallest absolute Gasteiger partial charge is 0.159 e. The molecule has 0 amide bonds. The lowest BCUT2D eigenvalue weighted by atomic mass is 9.90. The van der Waals surface area contributed by atoms with Crippen molar-refractivity contribution in [3.8, 4) is 0 Å². The van der Waals surface area contributed by atoms with E-state index in [1.165, 1.54) is 32.8 Å². The first-order valence-corrected chi connectivity index (χ1v) is 7.44. The van der Waals surface area contributed by atoms with Gasteiger partial charge in [-0.3, -0.25) is 4.79 Å². The van der Waals surface area contributed by atoms with Crippen LogP contribution in [0.15, 0.2) is 11.8 Å². The van der Waals surface area contributed by atoms with Gasteiger partial charge in [0.25, 0.3) is 0 Å². The molecule has 19 heavy (non-hydrogen) atoms. The summed E-state index contributed by atoms with van der Waals surface area (Å²) in [5, 5.41) is 9.99. The van der Waals surface area contributed by atoms with Crippen LogP contribution in [-0.2, 0) is 4.79 Å². The highest BCUT2D eigenvalue weighted by Gasteiger charge is 2.25. The minimum absolute atomic E-state index is 0.0143. The van der Waals surface area contributed by atoms with E-state index >= 15 is 0 Å². The molecule has 2 nitrogen and oxygen atoms in total. The molecule has 1 N–H and O–H groups in total. The number of alkyl halides is 1. The minimum Gasteiger partial charge on any atom is -0.512 e. The average Bonchev–Trinajstić information content (AvgIpc) is 2.76. The van der Waals surface area contributed by atoms with Crippen molar-refractivity contribution >= 4 is 5.78 Å². The predicted molar refractivity (Wildman–Crippen MR) is 75.9 cm³/mol. The van der Waals surface area contributed by atoms with Crippen LogP contribution in [0.1, 0.15) is 65.7 Å². The standard InChI is InChI=1S/C16H27FO2/c1-4-13(11-16(2,3)17)15(19)10-14(18)9-12-7-5-6-8-12/h10,12-13,19H,4-9,11H2,1-3H3/b15-10-. The van der Waals surface area contributed by atoms with Crippen molar-refractivity contribution in [3.63, 3.8) is 0 Å². The Labute approximate surface area is 116 Å². The van der Waals surface area contributed by atoms with Crippen molar-refractivity contribution in [3.05, 3.63) is 11.8 Å². The van der Waals surface area contributed by atoms with Gasteiger partial charge >= 0.3 is 0 Å². The molecule has 0 aromatic carbocycles. The van der Waals surface area contributed by atoms with E-state index in [2.05, 4.69) is 0 Å². The van der Waals surface area contributed by atoms with E-state index in [4.69, 9.17) is 0 Å². The SMILES string of the molecule is CCC(CC(C)(C)F)/C(O)=C/C(=O)CC1CCCC1. The lowest BCUT2D eigenvalue weighted by Gasteiger charge is -2.21. The van der Waals surface area contributed by atoms with Crippen LogP contribution in [0.4, 0.5) is 4.39 Å². The molecule has 1 saturated carbocycles. The molecule has 110 valence electrons. The number of allylic oxidation sites excluding steroid dienone is 2. The van der Waals surface area contributed by atoms with Gasteiger partial charge in [0.1, 0.15) is 5.67 Å². The van der Waals surface area contributed by atoms with Gasteiger partial charge in [0, 0.05) is 18.4 Å². The van der Waals surface area contributed by atoms with Gasteiger partial charge in [-0.05, 0) is 32.6 Å². The number of ketones is 1. The Kier molecular flexibility index (Phi) is 6.02. The summed E-state index contributed by atoms with van der Waals surface area (Å²) < 4.78 is 13.6. The van der Waals surface area contributed by atoms with Crippen molar-refractivity contribution in [2.45, 2.75) is 71.4 Å². The second-order valence-corrected chi connectivity index (χ2v) is 6.42. The molecule has 0 aliphatic heterocycles. The molecular weight excluding hydrogens is 243 g/mol. The third kappa shape index (κ3) is 6.22. The number of carbonyl (C=O) groups is 1. The summed E-state index contributed by atoms with van der Waals surface area (Å²) in [6.45, 7) is 4.91. The van der Waals surface area contributed by atoms with Crippen molar-refractivity contribution in [2.75, 3.05) is 0 Å². The zero-order chi connectivity index (χ0) is 14.5. The van der Waals surface area contributed by atoms with Crippen molar-refractivity contribution in [2.24, 2.45) is 11.8 Å².